The number of amides is 2. The molecular weight excluding hydrogens is 320 g/mol. The van der Waals surface area contributed by atoms with E-state index in [9.17, 15) is 14.4 Å². The minimum absolute atomic E-state index is 0.0121. The van der Waals surface area contributed by atoms with Crippen molar-refractivity contribution < 1.29 is 19.5 Å². The van der Waals surface area contributed by atoms with Crippen LogP contribution in [0.5, 0.6) is 0 Å². The van der Waals surface area contributed by atoms with E-state index in [-0.39, 0.29) is 30.3 Å². The smallest absolute Gasteiger partial charge is 0.323 e. The standard InChI is InChI=1S/C19H26N2O4/c1-14(2)21(13-18(23)24)19(25)16-9-6-10-20(12-16)17(22)11-15-7-4-3-5-8-15/h3-5,7-8,14,16H,6,9-13H2,1-2H3,(H,23,24). The number of benzene rings is 1. The molecule has 1 fully saturated rings. The number of carboxylic acid groups (broad SMARTS) is 1. The molecular formula is C19H26N2O4. The van der Waals surface area contributed by atoms with E-state index in [0.717, 1.165) is 12.0 Å². The van der Waals surface area contributed by atoms with Crippen molar-refractivity contribution in [1.82, 2.24) is 9.80 Å². The van der Waals surface area contributed by atoms with E-state index in [1.807, 2.05) is 44.2 Å². The molecule has 1 atom stereocenters. The van der Waals surface area contributed by atoms with Gasteiger partial charge in [0.05, 0.1) is 12.3 Å². The summed E-state index contributed by atoms with van der Waals surface area (Å²) in [6.45, 7) is 4.33. The Morgan fingerprint density at radius 3 is 2.52 bits per heavy atom. The van der Waals surface area contributed by atoms with Crippen LogP contribution in [0, 0.1) is 5.92 Å². The third-order valence-electron chi connectivity index (χ3n) is 4.53. The highest BCUT2D eigenvalue weighted by atomic mass is 16.4. The first-order chi connectivity index (χ1) is 11.9. The second-order valence-corrected chi connectivity index (χ2v) is 6.79. The summed E-state index contributed by atoms with van der Waals surface area (Å²) in [4.78, 5) is 39.4. The summed E-state index contributed by atoms with van der Waals surface area (Å²) in [5, 5.41) is 9.03. The Kier molecular flexibility index (Phi) is 6.56. The Hall–Kier alpha value is -2.37. The molecule has 1 aliphatic heterocycles. The summed E-state index contributed by atoms with van der Waals surface area (Å²) in [7, 11) is 0. The maximum Gasteiger partial charge on any atom is 0.323 e. The summed E-state index contributed by atoms with van der Waals surface area (Å²) < 4.78 is 0. The lowest BCUT2D eigenvalue weighted by Crippen LogP contribution is -2.50. The largest absolute Gasteiger partial charge is 0.480 e. The monoisotopic (exact) mass is 346 g/mol. The molecule has 1 saturated heterocycles. The number of carbonyl (C=O) groups excluding carboxylic acids is 2. The zero-order chi connectivity index (χ0) is 18.4. The number of nitrogens with zero attached hydrogens (tertiary/aromatic N) is 2. The van der Waals surface area contributed by atoms with Crippen LogP contribution in [0.3, 0.4) is 0 Å². The van der Waals surface area contributed by atoms with Crippen LogP contribution in [0.2, 0.25) is 0 Å². The first kappa shape index (κ1) is 19.0. The summed E-state index contributed by atoms with van der Waals surface area (Å²) in [5.41, 5.74) is 0.954. The number of hydrogen-bond donors (Lipinski definition) is 1. The van der Waals surface area contributed by atoms with E-state index in [1.165, 1.54) is 4.90 Å². The van der Waals surface area contributed by atoms with Gasteiger partial charge in [-0.25, -0.2) is 0 Å². The van der Waals surface area contributed by atoms with Crippen LogP contribution in [-0.2, 0) is 20.8 Å². The van der Waals surface area contributed by atoms with Crippen molar-refractivity contribution in [3.05, 3.63) is 35.9 Å². The van der Waals surface area contributed by atoms with Crippen LogP contribution < -0.4 is 0 Å². The lowest BCUT2D eigenvalue weighted by Gasteiger charge is -2.36. The van der Waals surface area contributed by atoms with Crippen molar-refractivity contribution in [2.75, 3.05) is 19.6 Å². The SMILES string of the molecule is CC(C)N(CC(=O)O)C(=O)C1CCCN(C(=O)Cc2ccccc2)C1. The van der Waals surface area contributed by atoms with Crippen molar-refractivity contribution in [3.8, 4) is 0 Å². The fourth-order valence-electron chi connectivity index (χ4n) is 3.18. The van der Waals surface area contributed by atoms with Crippen molar-refractivity contribution in [2.45, 2.75) is 39.2 Å². The number of carbonyl (C=O) groups is 3. The molecule has 1 unspecified atom stereocenters. The molecule has 0 spiro atoms. The van der Waals surface area contributed by atoms with Gasteiger partial charge in [-0.3, -0.25) is 14.4 Å². The molecule has 0 aromatic heterocycles. The van der Waals surface area contributed by atoms with Crippen LogP contribution in [0.4, 0.5) is 0 Å². The molecule has 2 rings (SSSR count). The molecule has 1 N–H and O–H groups in total. The van der Waals surface area contributed by atoms with E-state index >= 15 is 0 Å². The molecule has 0 bridgehead atoms. The molecule has 0 saturated carbocycles. The number of piperidine rings is 1. The third-order valence-corrected chi connectivity index (χ3v) is 4.53. The summed E-state index contributed by atoms with van der Waals surface area (Å²) in [6, 6.07) is 9.36. The van der Waals surface area contributed by atoms with E-state index in [0.29, 0.717) is 25.9 Å². The number of likely N-dealkylation sites (tertiary alicyclic amines) is 1. The van der Waals surface area contributed by atoms with Gasteiger partial charge in [0, 0.05) is 19.1 Å². The van der Waals surface area contributed by atoms with Gasteiger partial charge in [-0.1, -0.05) is 30.3 Å². The molecule has 1 aromatic carbocycles. The van der Waals surface area contributed by atoms with Crippen molar-refractivity contribution in [1.29, 1.82) is 0 Å². The van der Waals surface area contributed by atoms with Crippen molar-refractivity contribution in [3.63, 3.8) is 0 Å². The molecule has 25 heavy (non-hydrogen) atoms. The topological polar surface area (TPSA) is 77.9 Å². The second-order valence-electron chi connectivity index (χ2n) is 6.79. The fourth-order valence-corrected chi connectivity index (χ4v) is 3.18. The lowest BCUT2D eigenvalue weighted by atomic mass is 9.95. The first-order valence-electron chi connectivity index (χ1n) is 8.72. The Morgan fingerprint density at radius 1 is 1.24 bits per heavy atom. The van der Waals surface area contributed by atoms with Gasteiger partial charge in [-0.05, 0) is 32.3 Å². The molecule has 1 aliphatic rings. The normalized spacial score (nSPS) is 17.4. The number of aliphatic carboxylic acids is 1. The van der Waals surface area contributed by atoms with E-state index in [2.05, 4.69) is 0 Å². The lowest BCUT2D eigenvalue weighted by molar-refractivity contribution is -0.149. The predicted octanol–water partition coefficient (Wildman–Crippen LogP) is 1.79. The zero-order valence-electron chi connectivity index (χ0n) is 14.9. The van der Waals surface area contributed by atoms with Gasteiger partial charge >= 0.3 is 5.97 Å². The fraction of sp³-hybridized carbons (Fsp3) is 0.526. The molecule has 6 heteroatoms. The molecule has 0 aliphatic carbocycles. The van der Waals surface area contributed by atoms with Crippen molar-refractivity contribution in [2.24, 2.45) is 5.92 Å². The zero-order valence-corrected chi connectivity index (χ0v) is 14.9. The quantitative estimate of drug-likeness (QED) is 0.852. The van der Waals surface area contributed by atoms with E-state index < -0.39 is 5.97 Å². The second kappa shape index (κ2) is 8.65. The van der Waals surface area contributed by atoms with Crippen LogP contribution in [0.25, 0.3) is 0 Å². The Labute approximate surface area is 148 Å². The highest BCUT2D eigenvalue weighted by Crippen LogP contribution is 2.21. The van der Waals surface area contributed by atoms with Gasteiger partial charge in [-0.2, -0.15) is 0 Å². The Morgan fingerprint density at radius 2 is 1.92 bits per heavy atom. The highest BCUT2D eigenvalue weighted by Gasteiger charge is 2.32. The van der Waals surface area contributed by atoms with Crippen LogP contribution >= 0.6 is 0 Å². The minimum Gasteiger partial charge on any atom is -0.480 e. The van der Waals surface area contributed by atoms with E-state index in [1.54, 1.807) is 4.90 Å². The van der Waals surface area contributed by atoms with Crippen LogP contribution in [0.15, 0.2) is 30.3 Å². The number of carboxylic acids is 1. The van der Waals surface area contributed by atoms with Crippen LogP contribution in [0.1, 0.15) is 32.3 Å². The maximum atomic E-state index is 12.7. The van der Waals surface area contributed by atoms with Gasteiger partial charge in [-0.15, -0.1) is 0 Å². The molecule has 6 nitrogen and oxygen atoms in total. The third kappa shape index (κ3) is 5.31. The average molecular weight is 346 g/mol. The van der Waals surface area contributed by atoms with Crippen molar-refractivity contribution >= 4 is 17.8 Å². The Balaban J connectivity index is 2.00. The maximum absolute atomic E-state index is 12.7. The predicted molar refractivity (Wildman–Crippen MR) is 93.9 cm³/mol. The summed E-state index contributed by atoms with van der Waals surface area (Å²) >= 11 is 0. The van der Waals surface area contributed by atoms with Gasteiger partial charge in [0.25, 0.3) is 0 Å². The first-order valence-corrected chi connectivity index (χ1v) is 8.72. The van der Waals surface area contributed by atoms with Gasteiger partial charge in [0.15, 0.2) is 0 Å². The minimum atomic E-state index is -1.02. The van der Waals surface area contributed by atoms with Gasteiger partial charge in [0.1, 0.15) is 6.54 Å². The number of hydrogen-bond acceptors (Lipinski definition) is 3. The molecule has 0 radical (unpaired) electrons. The van der Waals surface area contributed by atoms with E-state index in [4.69, 9.17) is 5.11 Å². The molecule has 1 heterocycles. The number of rotatable bonds is 6. The highest BCUT2D eigenvalue weighted by molar-refractivity contribution is 5.85. The van der Waals surface area contributed by atoms with Gasteiger partial charge < -0.3 is 14.9 Å². The average Bonchev–Trinajstić information content (AvgIpc) is 2.59. The molecule has 136 valence electrons. The Bertz CT molecular complexity index is 615. The summed E-state index contributed by atoms with van der Waals surface area (Å²) in [6.07, 6.45) is 1.78. The van der Waals surface area contributed by atoms with Gasteiger partial charge in [0.2, 0.25) is 11.8 Å². The van der Waals surface area contributed by atoms with Crippen LogP contribution in [-0.4, -0.2) is 58.4 Å². The molecule has 2 amide bonds. The molecule has 1 aromatic rings. The summed E-state index contributed by atoms with van der Waals surface area (Å²) in [5.74, 6) is -1.50.